The van der Waals surface area contributed by atoms with Gasteiger partial charge in [-0.15, -0.1) is 0 Å². The van der Waals surface area contributed by atoms with Gasteiger partial charge in [0.05, 0.1) is 20.6 Å². The number of aliphatic carboxylic acids is 1. The lowest BCUT2D eigenvalue weighted by atomic mass is 9.99. The summed E-state index contributed by atoms with van der Waals surface area (Å²) in [6.07, 6.45) is 24.4. The van der Waals surface area contributed by atoms with Crippen LogP contribution in [0.3, 0.4) is 0 Å². The minimum Gasteiger partial charge on any atom is -0.544 e. The van der Waals surface area contributed by atoms with Crippen LogP contribution in [0.4, 0.5) is 0 Å². The predicted molar refractivity (Wildman–Crippen MR) is 120 cm³/mol. The lowest BCUT2D eigenvalue weighted by Crippen LogP contribution is -2.64. The number of quaternary nitrogens is 1. The summed E-state index contributed by atoms with van der Waals surface area (Å²) < 4.78 is 0.487. The maximum atomic E-state index is 11.3. The van der Waals surface area contributed by atoms with E-state index in [9.17, 15) is 9.90 Å². The van der Waals surface area contributed by atoms with Gasteiger partial charge in [0.25, 0.3) is 0 Å². The van der Waals surface area contributed by atoms with Crippen molar-refractivity contribution in [3.63, 3.8) is 0 Å². The maximum absolute atomic E-state index is 11.3. The number of nitrogens with zero attached hydrogens (tertiary/aromatic N) is 1. The van der Waals surface area contributed by atoms with Crippen molar-refractivity contribution in [1.82, 2.24) is 0 Å². The summed E-state index contributed by atoms with van der Waals surface area (Å²) in [5.41, 5.74) is -0.831. The van der Waals surface area contributed by atoms with Gasteiger partial charge in [-0.3, -0.25) is 0 Å². The van der Waals surface area contributed by atoms with Crippen LogP contribution in [0.15, 0.2) is 12.2 Å². The maximum Gasteiger partial charge on any atom is 0.133 e. The summed E-state index contributed by atoms with van der Waals surface area (Å²) in [4.78, 5) is 11.3. The molecule has 28 heavy (non-hydrogen) atoms. The van der Waals surface area contributed by atoms with Gasteiger partial charge in [-0.25, -0.2) is 0 Å². The fraction of sp³-hybridized carbons (Fsp3) is 0.880. The monoisotopic (exact) mass is 395 g/mol. The Bertz CT molecular complexity index is 413. The Kier molecular flexibility index (Phi) is 15.5. The first kappa shape index (κ1) is 27.2. The largest absolute Gasteiger partial charge is 0.544 e. The smallest absolute Gasteiger partial charge is 0.133 e. The van der Waals surface area contributed by atoms with Crippen LogP contribution >= 0.6 is 0 Å². The molecule has 0 amide bonds. The van der Waals surface area contributed by atoms with Crippen LogP contribution in [0.25, 0.3) is 0 Å². The van der Waals surface area contributed by atoms with Crippen molar-refractivity contribution in [3.8, 4) is 0 Å². The molecule has 0 aromatic heterocycles. The van der Waals surface area contributed by atoms with Gasteiger partial charge in [0.2, 0.25) is 0 Å². The van der Waals surface area contributed by atoms with Crippen LogP contribution in [-0.4, -0.2) is 36.6 Å². The molecule has 0 aromatic carbocycles. The van der Waals surface area contributed by atoms with E-state index in [1.165, 1.54) is 89.9 Å². The number of rotatable bonds is 19. The molecule has 3 nitrogen and oxygen atoms in total. The molecule has 3 heteroatoms. The molecule has 0 saturated carbocycles. The van der Waals surface area contributed by atoms with Gasteiger partial charge in [0.15, 0.2) is 0 Å². The van der Waals surface area contributed by atoms with E-state index in [2.05, 4.69) is 19.1 Å². The van der Waals surface area contributed by atoms with Gasteiger partial charge < -0.3 is 14.4 Å². The Morgan fingerprint density at radius 1 is 0.750 bits per heavy atom. The van der Waals surface area contributed by atoms with Crippen molar-refractivity contribution < 1.29 is 14.4 Å². The fourth-order valence-corrected chi connectivity index (χ4v) is 3.46. The molecule has 0 heterocycles. The Morgan fingerprint density at radius 3 is 1.57 bits per heavy atom. The molecule has 0 N–H and O–H groups in total. The SMILES string of the molecule is CCCCCCCC/C=C\CCCCCCCCC[N+](C)(C)C(C)(C)C(=O)[O-]. The number of unbranched alkanes of at least 4 members (excludes halogenated alkanes) is 13. The van der Waals surface area contributed by atoms with Crippen molar-refractivity contribution in [1.29, 1.82) is 0 Å². The summed E-state index contributed by atoms with van der Waals surface area (Å²) in [6.45, 7) is 6.70. The minimum absolute atomic E-state index is 0.487. The highest BCUT2D eigenvalue weighted by Gasteiger charge is 2.37. The topological polar surface area (TPSA) is 40.1 Å². The first-order valence-corrected chi connectivity index (χ1v) is 11.9. The molecule has 0 fully saturated rings. The molecule has 0 unspecified atom stereocenters. The molecule has 0 aliphatic rings. The molecule has 166 valence electrons. The second-order valence-corrected chi connectivity index (χ2v) is 9.55. The van der Waals surface area contributed by atoms with E-state index in [4.69, 9.17) is 0 Å². The number of carboxylic acid groups (broad SMARTS) is 1. The average Bonchev–Trinajstić information content (AvgIpc) is 2.63. The number of carboxylic acids is 1. The summed E-state index contributed by atoms with van der Waals surface area (Å²) >= 11 is 0. The van der Waals surface area contributed by atoms with Crippen LogP contribution < -0.4 is 5.11 Å². The van der Waals surface area contributed by atoms with Crippen LogP contribution in [0.1, 0.15) is 117 Å². The third-order valence-corrected chi connectivity index (χ3v) is 6.49. The lowest BCUT2D eigenvalue weighted by molar-refractivity contribution is -0.930. The van der Waals surface area contributed by atoms with Crippen LogP contribution in [0.2, 0.25) is 0 Å². The molecule has 0 saturated heterocycles. The number of carbonyl (C=O) groups excluding carboxylic acids is 1. The summed E-state index contributed by atoms with van der Waals surface area (Å²) in [7, 11) is 3.99. The molecule has 0 rings (SSSR count). The van der Waals surface area contributed by atoms with Crippen molar-refractivity contribution in [3.05, 3.63) is 12.2 Å². The van der Waals surface area contributed by atoms with Crippen molar-refractivity contribution in [2.45, 2.75) is 123 Å². The van der Waals surface area contributed by atoms with Crippen LogP contribution in [0, 0.1) is 0 Å². The van der Waals surface area contributed by atoms with Crippen molar-refractivity contribution >= 4 is 5.97 Å². The zero-order chi connectivity index (χ0) is 21.3. The van der Waals surface area contributed by atoms with Gasteiger partial charge in [0.1, 0.15) is 11.5 Å². The average molecular weight is 396 g/mol. The van der Waals surface area contributed by atoms with E-state index in [1.807, 2.05) is 14.1 Å². The van der Waals surface area contributed by atoms with E-state index in [0.717, 1.165) is 13.0 Å². The third kappa shape index (κ3) is 12.6. The molecule has 0 radical (unpaired) electrons. The molecule has 0 aromatic rings. The van der Waals surface area contributed by atoms with Crippen LogP contribution in [0.5, 0.6) is 0 Å². The first-order chi connectivity index (χ1) is 13.3. The minimum atomic E-state index is -0.960. The van der Waals surface area contributed by atoms with Gasteiger partial charge in [-0.2, -0.15) is 0 Å². The number of hydrogen-bond acceptors (Lipinski definition) is 2. The third-order valence-electron chi connectivity index (χ3n) is 6.49. The summed E-state index contributed by atoms with van der Waals surface area (Å²) in [5.74, 6) is -0.960. The Hall–Kier alpha value is -0.830. The number of likely N-dealkylation sites (N-methyl/N-ethyl adjacent to an activating group) is 1. The zero-order valence-corrected chi connectivity index (χ0v) is 19.7. The van der Waals surface area contributed by atoms with E-state index in [1.54, 1.807) is 13.8 Å². The van der Waals surface area contributed by atoms with Gasteiger partial charge in [-0.1, -0.05) is 76.9 Å². The quantitative estimate of drug-likeness (QED) is 0.152. The van der Waals surface area contributed by atoms with Crippen molar-refractivity contribution in [2.24, 2.45) is 0 Å². The number of allylic oxidation sites excluding steroid dienone is 2. The Morgan fingerprint density at radius 2 is 1.14 bits per heavy atom. The molecular formula is C25H49NO2. The standard InChI is InChI=1S/C25H49NO2/c1-6-7-8-9-10-11-12-13-14-15-16-17-18-19-20-21-22-23-26(4,5)25(2,3)24(27)28/h13-14H,6-12,15-23H2,1-5H3/b14-13-. The second kappa shape index (κ2) is 16.0. The number of carbonyl (C=O) groups is 1. The van der Waals surface area contributed by atoms with Crippen molar-refractivity contribution in [2.75, 3.05) is 20.6 Å². The van der Waals surface area contributed by atoms with E-state index < -0.39 is 11.5 Å². The van der Waals surface area contributed by atoms with E-state index >= 15 is 0 Å². The lowest BCUT2D eigenvalue weighted by Gasteiger charge is -2.45. The predicted octanol–water partition coefficient (Wildman–Crippen LogP) is 6.02. The molecule has 0 aliphatic heterocycles. The highest BCUT2D eigenvalue weighted by Crippen LogP contribution is 2.21. The summed E-state index contributed by atoms with van der Waals surface area (Å²) in [5, 5.41) is 11.3. The van der Waals surface area contributed by atoms with E-state index in [0.29, 0.717) is 4.48 Å². The van der Waals surface area contributed by atoms with Crippen LogP contribution in [-0.2, 0) is 4.79 Å². The molecule has 0 spiro atoms. The molecule has 0 bridgehead atoms. The number of hydrogen-bond donors (Lipinski definition) is 0. The molecular weight excluding hydrogens is 346 g/mol. The highest BCUT2D eigenvalue weighted by atomic mass is 16.4. The van der Waals surface area contributed by atoms with E-state index in [-0.39, 0.29) is 0 Å². The second-order valence-electron chi connectivity index (χ2n) is 9.55. The highest BCUT2D eigenvalue weighted by molar-refractivity contribution is 5.73. The Balaban J connectivity index is 3.47. The summed E-state index contributed by atoms with van der Waals surface area (Å²) in [6, 6.07) is 0. The molecule has 0 aliphatic carbocycles. The van der Waals surface area contributed by atoms with Gasteiger partial charge in [0, 0.05) is 0 Å². The van der Waals surface area contributed by atoms with Gasteiger partial charge >= 0.3 is 0 Å². The van der Waals surface area contributed by atoms with Gasteiger partial charge in [-0.05, 0) is 52.4 Å². The first-order valence-electron chi connectivity index (χ1n) is 11.9. The normalized spacial score (nSPS) is 12.8. The molecule has 0 atom stereocenters. The Labute approximate surface area is 176 Å². The fourth-order valence-electron chi connectivity index (χ4n) is 3.46. The zero-order valence-electron chi connectivity index (χ0n) is 19.7.